The molecule has 0 aromatic heterocycles. The Kier molecular flexibility index (Phi) is 4.21. The van der Waals surface area contributed by atoms with E-state index in [1.54, 1.807) is 0 Å². The van der Waals surface area contributed by atoms with Crippen LogP contribution in [0.1, 0.15) is 24.9 Å². The first-order valence-corrected chi connectivity index (χ1v) is 6.66. The van der Waals surface area contributed by atoms with Crippen molar-refractivity contribution < 1.29 is 0 Å². The van der Waals surface area contributed by atoms with Crippen LogP contribution in [0.25, 0.3) is 0 Å². The molecular formula is C15H16BrN. The van der Waals surface area contributed by atoms with Crippen molar-refractivity contribution in [2.45, 2.75) is 19.4 Å². The third kappa shape index (κ3) is 3.34. The van der Waals surface area contributed by atoms with Gasteiger partial charge in [-0.15, -0.1) is 0 Å². The highest BCUT2D eigenvalue weighted by atomic mass is 79.9. The van der Waals surface area contributed by atoms with Crippen molar-refractivity contribution in [1.29, 1.82) is 0 Å². The molecule has 1 N–H and O–H groups in total. The molecule has 88 valence electrons. The average Bonchev–Trinajstić information content (AvgIpc) is 2.37. The predicted molar refractivity (Wildman–Crippen MR) is 77.2 cm³/mol. The van der Waals surface area contributed by atoms with Gasteiger partial charge in [-0.1, -0.05) is 59.3 Å². The minimum atomic E-state index is 0.366. The van der Waals surface area contributed by atoms with Gasteiger partial charge < -0.3 is 5.32 Å². The number of nitrogens with one attached hydrogen (secondary N) is 1. The number of anilines is 1. The topological polar surface area (TPSA) is 12.0 Å². The summed E-state index contributed by atoms with van der Waals surface area (Å²) < 4.78 is 1.10. The maximum Gasteiger partial charge on any atom is 0.0511 e. The summed E-state index contributed by atoms with van der Waals surface area (Å²) in [5, 5.41) is 3.56. The normalized spacial score (nSPS) is 12.1. The fourth-order valence-corrected chi connectivity index (χ4v) is 2.29. The third-order valence-corrected chi connectivity index (χ3v) is 3.27. The molecule has 0 aliphatic heterocycles. The number of halogens is 1. The molecular weight excluding hydrogens is 274 g/mol. The highest BCUT2D eigenvalue weighted by Gasteiger charge is 2.08. The lowest BCUT2D eigenvalue weighted by Crippen LogP contribution is -2.09. The van der Waals surface area contributed by atoms with Crippen LogP contribution in [0.4, 0.5) is 5.69 Å². The van der Waals surface area contributed by atoms with Crippen molar-refractivity contribution in [2.75, 3.05) is 5.32 Å². The largest absolute Gasteiger partial charge is 0.378 e. The van der Waals surface area contributed by atoms with Gasteiger partial charge in [0.1, 0.15) is 0 Å². The zero-order valence-corrected chi connectivity index (χ0v) is 11.4. The molecule has 1 unspecified atom stereocenters. The molecule has 1 atom stereocenters. The van der Waals surface area contributed by atoms with Crippen LogP contribution in [-0.4, -0.2) is 0 Å². The third-order valence-electron chi connectivity index (χ3n) is 2.78. The van der Waals surface area contributed by atoms with Crippen LogP contribution >= 0.6 is 15.9 Å². The summed E-state index contributed by atoms with van der Waals surface area (Å²) in [6.07, 6.45) is 1.07. The molecule has 0 heterocycles. The first-order valence-electron chi connectivity index (χ1n) is 5.86. The lowest BCUT2D eigenvalue weighted by molar-refractivity contribution is 0.749. The van der Waals surface area contributed by atoms with E-state index in [0.717, 1.165) is 16.6 Å². The molecule has 2 heteroatoms. The quantitative estimate of drug-likeness (QED) is 0.834. The molecule has 0 spiro atoms. The molecule has 0 amide bonds. The van der Waals surface area contributed by atoms with E-state index in [-0.39, 0.29) is 0 Å². The van der Waals surface area contributed by atoms with E-state index in [0.29, 0.717) is 6.04 Å². The Morgan fingerprint density at radius 2 is 1.82 bits per heavy atom. The molecule has 0 saturated carbocycles. The molecule has 0 fully saturated rings. The van der Waals surface area contributed by atoms with Gasteiger partial charge in [0.15, 0.2) is 0 Å². The van der Waals surface area contributed by atoms with Crippen molar-refractivity contribution in [3.05, 3.63) is 64.6 Å². The minimum Gasteiger partial charge on any atom is -0.378 e. The first kappa shape index (κ1) is 12.2. The van der Waals surface area contributed by atoms with Crippen molar-refractivity contribution in [3.8, 4) is 0 Å². The molecule has 17 heavy (non-hydrogen) atoms. The predicted octanol–water partition coefficient (Wildman–Crippen LogP) is 5.01. The Morgan fingerprint density at radius 1 is 1.06 bits per heavy atom. The second-order valence-electron chi connectivity index (χ2n) is 4.03. The highest BCUT2D eigenvalue weighted by molar-refractivity contribution is 9.10. The van der Waals surface area contributed by atoms with Crippen molar-refractivity contribution in [3.63, 3.8) is 0 Å². The van der Waals surface area contributed by atoms with Gasteiger partial charge in [0.05, 0.1) is 6.04 Å². The molecule has 2 rings (SSSR count). The Balaban J connectivity index is 2.16. The Hall–Kier alpha value is -1.28. The van der Waals surface area contributed by atoms with E-state index in [4.69, 9.17) is 0 Å². The SMILES string of the molecule is CCC(Nc1cccc(Br)c1)c1ccccc1. The second-order valence-corrected chi connectivity index (χ2v) is 4.94. The number of benzene rings is 2. The summed E-state index contributed by atoms with van der Waals surface area (Å²) in [5.41, 5.74) is 2.48. The van der Waals surface area contributed by atoms with E-state index in [1.165, 1.54) is 5.56 Å². The fourth-order valence-electron chi connectivity index (χ4n) is 1.89. The van der Waals surface area contributed by atoms with E-state index in [1.807, 2.05) is 12.1 Å². The standard InChI is InChI=1S/C15H16BrN/c1-2-15(12-7-4-3-5-8-12)17-14-10-6-9-13(16)11-14/h3-11,15,17H,2H2,1H3. The van der Waals surface area contributed by atoms with Crippen LogP contribution < -0.4 is 5.32 Å². The van der Waals surface area contributed by atoms with Crippen molar-refractivity contribution >= 4 is 21.6 Å². The van der Waals surface area contributed by atoms with Crippen LogP contribution in [-0.2, 0) is 0 Å². The van der Waals surface area contributed by atoms with Crippen molar-refractivity contribution in [1.82, 2.24) is 0 Å². The maximum absolute atomic E-state index is 3.56. The summed E-state index contributed by atoms with van der Waals surface area (Å²) in [4.78, 5) is 0. The average molecular weight is 290 g/mol. The monoisotopic (exact) mass is 289 g/mol. The van der Waals surface area contributed by atoms with Gasteiger partial charge in [-0.05, 0) is 30.2 Å². The number of hydrogen-bond acceptors (Lipinski definition) is 1. The van der Waals surface area contributed by atoms with E-state index < -0.39 is 0 Å². The van der Waals surface area contributed by atoms with Crippen LogP contribution in [0, 0.1) is 0 Å². The molecule has 0 aliphatic carbocycles. The van der Waals surface area contributed by atoms with Gasteiger partial charge in [-0.25, -0.2) is 0 Å². The van der Waals surface area contributed by atoms with Crippen molar-refractivity contribution in [2.24, 2.45) is 0 Å². The van der Waals surface area contributed by atoms with E-state index >= 15 is 0 Å². The highest BCUT2D eigenvalue weighted by Crippen LogP contribution is 2.24. The zero-order chi connectivity index (χ0) is 12.1. The summed E-state index contributed by atoms with van der Waals surface area (Å²) >= 11 is 3.49. The zero-order valence-electron chi connectivity index (χ0n) is 9.86. The Labute approximate surface area is 111 Å². The summed E-state index contributed by atoms with van der Waals surface area (Å²) in [6, 6.07) is 19.2. The van der Waals surface area contributed by atoms with Crippen LogP contribution in [0.2, 0.25) is 0 Å². The second kappa shape index (κ2) is 5.87. The van der Waals surface area contributed by atoms with E-state index in [2.05, 4.69) is 70.6 Å². The maximum atomic E-state index is 3.56. The van der Waals surface area contributed by atoms with Gasteiger partial charge in [0.25, 0.3) is 0 Å². The lowest BCUT2D eigenvalue weighted by atomic mass is 10.0. The molecule has 0 saturated heterocycles. The van der Waals surface area contributed by atoms with Crippen LogP contribution in [0.15, 0.2) is 59.1 Å². The van der Waals surface area contributed by atoms with Gasteiger partial charge in [-0.3, -0.25) is 0 Å². The lowest BCUT2D eigenvalue weighted by Gasteiger charge is -2.18. The molecule has 2 aromatic rings. The number of hydrogen-bond donors (Lipinski definition) is 1. The van der Waals surface area contributed by atoms with E-state index in [9.17, 15) is 0 Å². The number of rotatable bonds is 4. The summed E-state index contributed by atoms with van der Waals surface area (Å²) in [6.45, 7) is 2.20. The smallest absolute Gasteiger partial charge is 0.0511 e. The molecule has 0 aliphatic rings. The summed E-state index contributed by atoms with van der Waals surface area (Å²) in [7, 11) is 0. The minimum absolute atomic E-state index is 0.366. The molecule has 2 aromatic carbocycles. The molecule has 1 nitrogen and oxygen atoms in total. The fraction of sp³-hybridized carbons (Fsp3) is 0.200. The Morgan fingerprint density at radius 3 is 2.47 bits per heavy atom. The Bertz CT molecular complexity index is 467. The van der Waals surface area contributed by atoms with Gasteiger partial charge in [0.2, 0.25) is 0 Å². The van der Waals surface area contributed by atoms with Crippen LogP contribution in [0.5, 0.6) is 0 Å². The molecule has 0 radical (unpaired) electrons. The first-order chi connectivity index (χ1) is 8.29. The van der Waals surface area contributed by atoms with Gasteiger partial charge in [-0.2, -0.15) is 0 Å². The summed E-state index contributed by atoms with van der Waals surface area (Å²) in [5.74, 6) is 0. The van der Waals surface area contributed by atoms with Gasteiger partial charge in [0, 0.05) is 10.2 Å². The molecule has 0 bridgehead atoms. The van der Waals surface area contributed by atoms with Crippen LogP contribution in [0.3, 0.4) is 0 Å². The van der Waals surface area contributed by atoms with Gasteiger partial charge >= 0.3 is 0 Å².